The van der Waals surface area contributed by atoms with Crippen LogP contribution < -0.4 is 16.4 Å². The molecule has 2 heterocycles. The number of ether oxygens (including phenoxy) is 1. The third-order valence-electron chi connectivity index (χ3n) is 4.41. The number of pyridine rings is 1. The molecule has 4 N–H and O–H groups in total. The van der Waals surface area contributed by atoms with E-state index in [0.717, 1.165) is 18.2 Å². The second-order valence-corrected chi connectivity index (χ2v) is 6.12. The number of hydrogen-bond acceptors (Lipinski definition) is 5. The van der Waals surface area contributed by atoms with E-state index in [9.17, 15) is 9.59 Å². The van der Waals surface area contributed by atoms with Crippen molar-refractivity contribution in [2.45, 2.75) is 18.9 Å². The monoisotopic (exact) mass is 414 g/mol. The topological polar surface area (TPSA) is 106 Å². The minimum atomic E-state index is -0.615. The Bertz CT molecular complexity index is 764. The average Bonchev–Trinajstić information content (AvgIpc) is 2.66. The number of aromatic nitrogens is 1. The van der Waals surface area contributed by atoms with Gasteiger partial charge >= 0.3 is 0 Å². The quantitative estimate of drug-likeness (QED) is 0.692. The van der Waals surface area contributed by atoms with Gasteiger partial charge in [-0.2, -0.15) is 0 Å². The van der Waals surface area contributed by atoms with Crippen molar-refractivity contribution in [1.29, 1.82) is 0 Å². The van der Waals surface area contributed by atoms with E-state index in [1.54, 1.807) is 12.3 Å². The maximum atomic E-state index is 12.1. The van der Waals surface area contributed by atoms with E-state index in [0.29, 0.717) is 24.4 Å². The Morgan fingerprint density at radius 1 is 1.19 bits per heavy atom. The Labute approximate surface area is 170 Å². The number of nitrogens with zero attached hydrogens (tertiary/aromatic N) is 1. The van der Waals surface area contributed by atoms with Crippen molar-refractivity contribution in [2.24, 2.45) is 11.7 Å². The van der Waals surface area contributed by atoms with E-state index in [4.69, 9.17) is 10.5 Å². The molecule has 1 aliphatic rings. The van der Waals surface area contributed by atoms with Crippen LogP contribution >= 0.6 is 24.8 Å². The molecular formula is C18H24Cl2N4O3. The van der Waals surface area contributed by atoms with Crippen LogP contribution in [0.4, 0.5) is 5.69 Å². The Hall–Kier alpha value is -1.93. The maximum Gasteiger partial charge on any atom is 0.243 e. The number of halogens is 2. The molecule has 1 aromatic heterocycles. The molecule has 1 aromatic carbocycles. The van der Waals surface area contributed by atoms with Crippen molar-refractivity contribution in [3.63, 3.8) is 0 Å². The van der Waals surface area contributed by atoms with Crippen molar-refractivity contribution >= 4 is 53.2 Å². The molecule has 9 heteroatoms. The van der Waals surface area contributed by atoms with Gasteiger partial charge in [-0.25, -0.2) is 0 Å². The highest BCUT2D eigenvalue weighted by molar-refractivity contribution is 6.01. The fourth-order valence-electron chi connectivity index (χ4n) is 2.97. The zero-order valence-corrected chi connectivity index (χ0v) is 16.4. The number of carbonyl (C=O) groups is 2. The van der Waals surface area contributed by atoms with Crippen LogP contribution in [0.15, 0.2) is 36.5 Å². The van der Waals surface area contributed by atoms with Crippen LogP contribution in [0.25, 0.3) is 10.9 Å². The molecule has 3 rings (SSSR count). The summed E-state index contributed by atoms with van der Waals surface area (Å²) in [6.45, 7) is 1.12. The molecule has 1 atom stereocenters. The largest absolute Gasteiger partial charge is 0.381 e. The Morgan fingerprint density at radius 3 is 2.63 bits per heavy atom. The van der Waals surface area contributed by atoms with Crippen molar-refractivity contribution < 1.29 is 14.3 Å². The highest BCUT2D eigenvalue weighted by Gasteiger charge is 2.26. The number of nitrogens with two attached hydrogens (primary N) is 1. The Kier molecular flexibility index (Phi) is 9.45. The molecule has 0 aliphatic carbocycles. The van der Waals surface area contributed by atoms with Gasteiger partial charge in [0.1, 0.15) is 0 Å². The number of amides is 2. The van der Waals surface area contributed by atoms with Gasteiger partial charge < -0.3 is 21.1 Å². The van der Waals surface area contributed by atoms with E-state index < -0.39 is 6.04 Å². The number of para-hydroxylation sites is 1. The summed E-state index contributed by atoms with van der Waals surface area (Å²) < 4.78 is 5.27. The lowest BCUT2D eigenvalue weighted by molar-refractivity contribution is -0.126. The molecular weight excluding hydrogens is 391 g/mol. The van der Waals surface area contributed by atoms with Crippen molar-refractivity contribution in [1.82, 2.24) is 10.3 Å². The predicted molar refractivity (Wildman–Crippen MR) is 109 cm³/mol. The lowest BCUT2D eigenvalue weighted by Crippen LogP contribution is -2.48. The normalized spacial score (nSPS) is 15.1. The predicted octanol–water partition coefficient (Wildman–Crippen LogP) is 1.89. The van der Waals surface area contributed by atoms with E-state index in [2.05, 4.69) is 15.6 Å². The van der Waals surface area contributed by atoms with Crippen LogP contribution in [0.2, 0.25) is 0 Å². The van der Waals surface area contributed by atoms with Crippen molar-refractivity contribution in [2.75, 3.05) is 25.1 Å². The van der Waals surface area contributed by atoms with Gasteiger partial charge in [0.2, 0.25) is 11.8 Å². The maximum absolute atomic E-state index is 12.1. The zero-order chi connectivity index (χ0) is 17.6. The summed E-state index contributed by atoms with van der Waals surface area (Å²) in [5, 5.41) is 6.33. The summed E-state index contributed by atoms with van der Waals surface area (Å²) in [6, 6.07) is 8.70. The number of hydrogen-bond donors (Lipinski definition) is 3. The van der Waals surface area contributed by atoms with E-state index in [1.807, 2.05) is 24.3 Å². The first kappa shape index (κ1) is 23.1. The molecule has 0 saturated carbocycles. The average molecular weight is 415 g/mol. The fourth-order valence-corrected chi connectivity index (χ4v) is 2.97. The number of fused-ring (bicyclic) bond motifs is 1. The standard InChI is InChI=1S/C18H22N4O3.2ClH/c19-16(12-6-9-25-10-7-12)18(24)21-11-15(23)22-14-5-1-3-13-4-2-8-20-17(13)14;;/h1-5,8,12,16H,6-7,9-11,19H2,(H,21,24)(H,22,23);2*1H. The molecule has 0 radical (unpaired) electrons. The fraction of sp³-hybridized carbons (Fsp3) is 0.389. The number of anilines is 1. The second-order valence-electron chi connectivity index (χ2n) is 6.12. The highest BCUT2D eigenvalue weighted by atomic mass is 35.5. The number of benzene rings is 1. The van der Waals surface area contributed by atoms with E-state index in [1.165, 1.54) is 0 Å². The van der Waals surface area contributed by atoms with Crippen LogP contribution in [0.1, 0.15) is 12.8 Å². The van der Waals surface area contributed by atoms with Crippen LogP contribution in [0.3, 0.4) is 0 Å². The van der Waals surface area contributed by atoms with E-state index in [-0.39, 0.29) is 49.1 Å². The number of nitrogens with one attached hydrogen (secondary N) is 2. The van der Waals surface area contributed by atoms with Crippen LogP contribution in [0, 0.1) is 5.92 Å². The smallest absolute Gasteiger partial charge is 0.243 e. The van der Waals surface area contributed by atoms with Gasteiger partial charge in [0, 0.05) is 24.8 Å². The molecule has 0 bridgehead atoms. The number of rotatable bonds is 5. The first-order chi connectivity index (χ1) is 12.1. The Morgan fingerprint density at radius 2 is 1.89 bits per heavy atom. The highest BCUT2D eigenvalue weighted by Crippen LogP contribution is 2.20. The van der Waals surface area contributed by atoms with Gasteiger partial charge in [-0.15, -0.1) is 24.8 Å². The van der Waals surface area contributed by atoms with Gasteiger partial charge in [-0.1, -0.05) is 18.2 Å². The molecule has 2 amide bonds. The zero-order valence-electron chi connectivity index (χ0n) is 14.7. The van der Waals surface area contributed by atoms with Gasteiger partial charge in [0.15, 0.2) is 0 Å². The molecule has 2 aromatic rings. The number of carbonyl (C=O) groups excluding carboxylic acids is 2. The summed E-state index contributed by atoms with van der Waals surface area (Å²) in [7, 11) is 0. The summed E-state index contributed by atoms with van der Waals surface area (Å²) in [4.78, 5) is 28.6. The molecule has 148 valence electrons. The van der Waals surface area contributed by atoms with Gasteiger partial charge in [-0.3, -0.25) is 14.6 Å². The van der Waals surface area contributed by atoms with Gasteiger partial charge in [-0.05, 0) is 30.9 Å². The molecule has 1 unspecified atom stereocenters. The first-order valence-electron chi connectivity index (χ1n) is 8.40. The Balaban J connectivity index is 0.00000182. The molecule has 1 saturated heterocycles. The van der Waals surface area contributed by atoms with Gasteiger partial charge in [0.25, 0.3) is 0 Å². The third kappa shape index (κ3) is 6.04. The molecule has 7 nitrogen and oxygen atoms in total. The van der Waals surface area contributed by atoms with Crippen LogP contribution in [-0.2, 0) is 14.3 Å². The van der Waals surface area contributed by atoms with Crippen molar-refractivity contribution in [3.05, 3.63) is 36.5 Å². The first-order valence-corrected chi connectivity index (χ1v) is 8.40. The van der Waals surface area contributed by atoms with Crippen LogP contribution in [-0.4, -0.2) is 42.6 Å². The van der Waals surface area contributed by atoms with Gasteiger partial charge in [0.05, 0.1) is 23.8 Å². The summed E-state index contributed by atoms with van der Waals surface area (Å²) in [6.07, 6.45) is 3.21. The molecule has 1 aliphatic heterocycles. The molecule has 27 heavy (non-hydrogen) atoms. The SMILES string of the molecule is Cl.Cl.NC(C(=O)NCC(=O)Nc1cccc2cccnc12)C1CCOCC1. The minimum Gasteiger partial charge on any atom is -0.381 e. The molecule has 0 spiro atoms. The van der Waals surface area contributed by atoms with Crippen LogP contribution in [0.5, 0.6) is 0 Å². The summed E-state index contributed by atoms with van der Waals surface area (Å²) in [5.74, 6) is -0.525. The summed E-state index contributed by atoms with van der Waals surface area (Å²) in [5.41, 5.74) is 7.32. The second kappa shape index (κ2) is 11.0. The lowest BCUT2D eigenvalue weighted by Gasteiger charge is -2.26. The third-order valence-corrected chi connectivity index (χ3v) is 4.41. The summed E-state index contributed by atoms with van der Waals surface area (Å²) >= 11 is 0. The molecule has 1 fully saturated rings. The van der Waals surface area contributed by atoms with Crippen molar-refractivity contribution in [3.8, 4) is 0 Å². The minimum absolute atomic E-state index is 0. The lowest BCUT2D eigenvalue weighted by atomic mass is 9.92. The van der Waals surface area contributed by atoms with E-state index >= 15 is 0 Å².